The number of carbonyl (C=O) groups excluding carboxylic acids is 1. The van der Waals surface area contributed by atoms with Crippen LogP contribution in [0.1, 0.15) is 35.2 Å². The molecule has 2 aromatic carbocycles. The van der Waals surface area contributed by atoms with Gasteiger partial charge in [0, 0.05) is 41.3 Å². The van der Waals surface area contributed by atoms with Crippen LogP contribution in [-0.4, -0.2) is 41.4 Å². The van der Waals surface area contributed by atoms with E-state index in [1.807, 2.05) is 17.0 Å². The SMILES string of the molecule is O=C(c1cc(Cl)cc(Cl)c1)N1CC[C@H]2[C@H](CCCN2Cc2ccc(F)cc2)C1. The number of halogens is 3. The first-order chi connectivity index (χ1) is 13.5. The Morgan fingerprint density at radius 2 is 1.75 bits per heavy atom. The van der Waals surface area contributed by atoms with E-state index in [0.717, 1.165) is 51.0 Å². The standard InChI is InChI=1S/C22H23Cl2FN2O/c23-18-10-17(11-19(24)12-18)22(28)27-9-7-21-16(14-27)2-1-8-26(21)13-15-3-5-20(25)6-4-15/h3-6,10-12,16,21H,1-2,7-9,13-14H2/t16-,21+/m1/s1. The van der Waals surface area contributed by atoms with Crippen molar-refractivity contribution in [3.8, 4) is 0 Å². The molecule has 0 N–H and O–H groups in total. The number of rotatable bonds is 3. The van der Waals surface area contributed by atoms with Crippen LogP contribution < -0.4 is 0 Å². The molecule has 148 valence electrons. The highest BCUT2D eigenvalue weighted by Crippen LogP contribution is 2.32. The molecule has 28 heavy (non-hydrogen) atoms. The van der Waals surface area contributed by atoms with Crippen molar-refractivity contribution < 1.29 is 9.18 Å². The summed E-state index contributed by atoms with van der Waals surface area (Å²) in [7, 11) is 0. The second-order valence-electron chi connectivity index (χ2n) is 7.76. The zero-order chi connectivity index (χ0) is 19.7. The average molecular weight is 421 g/mol. The first-order valence-electron chi connectivity index (χ1n) is 9.73. The number of carbonyl (C=O) groups is 1. The number of piperidine rings is 2. The lowest BCUT2D eigenvalue weighted by atomic mass is 9.83. The minimum atomic E-state index is -0.201. The summed E-state index contributed by atoms with van der Waals surface area (Å²) in [6.07, 6.45) is 3.20. The lowest BCUT2D eigenvalue weighted by Crippen LogP contribution is -2.54. The van der Waals surface area contributed by atoms with Gasteiger partial charge in [-0.05, 0) is 67.6 Å². The molecule has 2 aliphatic rings. The Kier molecular flexibility index (Phi) is 5.91. The molecule has 2 aromatic rings. The molecule has 0 aromatic heterocycles. The van der Waals surface area contributed by atoms with E-state index in [9.17, 15) is 9.18 Å². The summed E-state index contributed by atoms with van der Waals surface area (Å²) < 4.78 is 13.2. The molecule has 0 spiro atoms. The molecule has 0 radical (unpaired) electrons. The van der Waals surface area contributed by atoms with Gasteiger partial charge in [0.15, 0.2) is 0 Å². The van der Waals surface area contributed by atoms with Gasteiger partial charge in [-0.2, -0.15) is 0 Å². The van der Waals surface area contributed by atoms with Crippen molar-refractivity contribution in [2.45, 2.75) is 31.8 Å². The maximum absolute atomic E-state index is 13.2. The summed E-state index contributed by atoms with van der Waals surface area (Å²) >= 11 is 12.1. The number of likely N-dealkylation sites (tertiary alicyclic amines) is 2. The summed E-state index contributed by atoms with van der Waals surface area (Å²) in [6, 6.07) is 12.2. The van der Waals surface area contributed by atoms with Crippen LogP contribution in [0, 0.1) is 11.7 Å². The number of amides is 1. The van der Waals surface area contributed by atoms with Crippen LogP contribution in [0.25, 0.3) is 0 Å². The van der Waals surface area contributed by atoms with Crippen LogP contribution in [0.2, 0.25) is 10.0 Å². The second-order valence-corrected chi connectivity index (χ2v) is 8.64. The fourth-order valence-corrected chi connectivity index (χ4v) is 5.10. The lowest BCUT2D eigenvalue weighted by molar-refractivity contribution is 0.0175. The molecule has 1 amide bonds. The fourth-order valence-electron chi connectivity index (χ4n) is 4.57. The van der Waals surface area contributed by atoms with Crippen molar-refractivity contribution in [1.29, 1.82) is 0 Å². The van der Waals surface area contributed by atoms with Gasteiger partial charge in [0.1, 0.15) is 5.82 Å². The average Bonchev–Trinajstić information content (AvgIpc) is 2.68. The van der Waals surface area contributed by atoms with Gasteiger partial charge in [0.2, 0.25) is 0 Å². The Bertz CT molecular complexity index is 838. The highest BCUT2D eigenvalue weighted by Gasteiger charge is 2.37. The zero-order valence-electron chi connectivity index (χ0n) is 15.6. The number of benzene rings is 2. The van der Waals surface area contributed by atoms with Crippen molar-refractivity contribution in [1.82, 2.24) is 9.80 Å². The monoisotopic (exact) mass is 420 g/mol. The van der Waals surface area contributed by atoms with E-state index in [0.29, 0.717) is 27.6 Å². The van der Waals surface area contributed by atoms with Crippen molar-refractivity contribution in [2.24, 2.45) is 5.92 Å². The largest absolute Gasteiger partial charge is 0.338 e. The van der Waals surface area contributed by atoms with E-state index < -0.39 is 0 Å². The molecule has 6 heteroatoms. The summed E-state index contributed by atoms with van der Waals surface area (Å²) in [5.74, 6) is 0.258. The van der Waals surface area contributed by atoms with Gasteiger partial charge < -0.3 is 4.90 Å². The van der Waals surface area contributed by atoms with Gasteiger partial charge in [0.25, 0.3) is 5.91 Å². The van der Waals surface area contributed by atoms with E-state index in [2.05, 4.69) is 4.90 Å². The molecule has 2 atom stereocenters. The third kappa shape index (κ3) is 4.35. The van der Waals surface area contributed by atoms with Crippen molar-refractivity contribution >= 4 is 29.1 Å². The molecule has 4 rings (SSSR count). The van der Waals surface area contributed by atoms with E-state index in [4.69, 9.17) is 23.2 Å². The maximum Gasteiger partial charge on any atom is 0.253 e. The predicted octanol–water partition coefficient (Wildman–Crippen LogP) is 5.26. The number of hydrogen-bond donors (Lipinski definition) is 0. The zero-order valence-corrected chi connectivity index (χ0v) is 17.1. The molecule has 0 saturated carbocycles. The molecule has 2 aliphatic heterocycles. The van der Waals surface area contributed by atoms with Crippen LogP contribution in [0.5, 0.6) is 0 Å². The summed E-state index contributed by atoms with van der Waals surface area (Å²) in [5.41, 5.74) is 1.68. The molecule has 2 heterocycles. The van der Waals surface area contributed by atoms with Crippen molar-refractivity contribution in [3.05, 3.63) is 69.5 Å². The predicted molar refractivity (Wildman–Crippen MR) is 110 cm³/mol. The number of nitrogens with zero attached hydrogens (tertiary/aromatic N) is 2. The Morgan fingerprint density at radius 3 is 2.46 bits per heavy atom. The van der Waals surface area contributed by atoms with Gasteiger partial charge in [-0.1, -0.05) is 35.3 Å². The van der Waals surface area contributed by atoms with Crippen LogP contribution in [0.3, 0.4) is 0 Å². The molecule has 2 fully saturated rings. The van der Waals surface area contributed by atoms with Crippen molar-refractivity contribution in [3.63, 3.8) is 0 Å². The third-order valence-electron chi connectivity index (χ3n) is 5.88. The summed E-state index contributed by atoms with van der Waals surface area (Å²) in [5, 5.41) is 0.961. The Labute approximate surface area is 175 Å². The normalized spacial score (nSPS) is 22.8. The fraction of sp³-hybridized carbons (Fsp3) is 0.409. The smallest absolute Gasteiger partial charge is 0.253 e. The lowest BCUT2D eigenvalue weighted by Gasteiger charge is -2.47. The van der Waals surface area contributed by atoms with Gasteiger partial charge in [-0.15, -0.1) is 0 Å². The minimum absolute atomic E-state index is 0.00138. The molecule has 3 nitrogen and oxygen atoms in total. The van der Waals surface area contributed by atoms with Crippen molar-refractivity contribution in [2.75, 3.05) is 19.6 Å². The van der Waals surface area contributed by atoms with Gasteiger partial charge in [0.05, 0.1) is 0 Å². The molecular weight excluding hydrogens is 398 g/mol. The highest BCUT2D eigenvalue weighted by molar-refractivity contribution is 6.35. The highest BCUT2D eigenvalue weighted by atomic mass is 35.5. The molecule has 0 unspecified atom stereocenters. The van der Waals surface area contributed by atoms with Gasteiger partial charge >= 0.3 is 0 Å². The summed E-state index contributed by atoms with van der Waals surface area (Å²) in [4.78, 5) is 17.4. The first-order valence-corrected chi connectivity index (χ1v) is 10.5. The Hall–Kier alpha value is -1.62. The van der Waals surface area contributed by atoms with E-state index >= 15 is 0 Å². The van der Waals surface area contributed by atoms with Gasteiger partial charge in [-0.25, -0.2) is 4.39 Å². The molecule has 0 aliphatic carbocycles. The molecule has 0 bridgehead atoms. The summed E-state index contributed by atoms with van der Waals surface area (Å²) in [6.45, 7) is 3.37. The quantitative estimate of drug-likeness (QED) is 0.675. The van der Waals surface area contributed by atoms with Crippen LogP contribution in [-0.2, 0) is 6.54 Å². The van der Waals surface area contributed by atoms with Crippen LogP contribution >= 0.6 is 23.2 Å². The van der Waals surface area contributed by atoms with E-state index in [1.54, 1.807) is 18.2 Å². The molecular formula is C22H23Cl2FN2O. The first kappa shape index (κ1) is 19.7. The second kappa shape index (κ2) is 8.40. The minimum Gasteiger partial charge on any atom is -0.338 e. The number of fused-ring (bicyclic) bond motifs is 1. The van der Waals surface area contributed by atoms with E-state index in [1.165, 1.54) is 12.1 Å². The number of hydrogen-bond acceptors (Lipinski definition) is 2. The topological polar surface area (TPSA) is 23.6 Å². The third-order valence-corrected chi connectivity index (χ3v) is 6.32. The Morgan fingerprint density at radius 1 is 1.04 bits per heavy atom. The Balaban J connectivity index is 1.43. The van der Waals surface area contributed by atoms with E-state index in [-0.39, 0.29) is 11.7 Å². The van der Waals surface area contributed by atoms with Crippen LogP contribution in [0.4, 0.5) is 4.39 Å². The molecule has 2 saturated heterocycles. The van der Waals surface area contributed by atoms with Crippen LogP contribution in [0.15, 0.2) is 42.5 Å². The van der Waals surface area contributed by atoms with Gasteiger partial charge in [-0.3, -0.25) is 9.69 Å². The maximum atomic E-state index is 13.2.